The fraction of sp³-hybridized carbons (Fsp3) is 1.00. The molecule has 0 aromatic rings. The number of rotatable bonds is 6. The summed E-state index contributed by atoms with van der Waals surface area (Å²) in [6.45, 7) is -1.55. The molecule has 0 aliphatic rings. The highest BCUT2D eigenvalue weighted by molar-refractivity contribution is 8.05. The van der Waals surface area contributed by atoms with Crippen molar-refractivity contribution in [3.8, 4) is 0 Å². The van der Waals surface area contributed by atoms with Gasteiger partial charge >= 0.3 is 0 Å². The third-order valence-corrected chi connectivity index (χ3v) is 2.06. The summed E-state index contributed by atoms with van der Waals surface area (Å²) in [5.41, 5.74) is 0. The average molecular weight is 232 g/mol. The summed E-state index contributed by atoms with van der Waals surface area (Å²) in [6, 6.07) is 0. The molecule has 0 aliphatic heterocycles. The van der Waals surface area contributed by atoms with Crippen LogP contribution < -0.4 is 22.1 Å². The van der Waals surface area contributed by atoms with E-state index in [9.17, 15) is 9.79 Å². The highest BCUT2D eigenvalue weighted by Gasteiger charge is 1.88. The Kier molecular flexibility index (Phi) is 15.5. The van der Waals surface area contributed by atoms with Crippen LogP contribution in [0.5, 0.6) is 0 Å². The van der Waals surface area contributed by atoms with Gasteiger partial charge in [0.15, 0.2) is 0 Å². The van der Waals surface area contributed by atoms with Crippen molar-refractivity contribution in [2.45, 2.75) is 32.6 Å². The van der Waals surface area contributed by atoms with E-state index >= 15 is 0 Å². The fourth-order valence-corrected chi connectivity index (χ4v) is 1.28. The van der Waals surface area contributed by atoms with E-state index < -0.39 is 6.72 Å². The van der Waals surface area contributed by atoms with Crippen molar-refractivity contribution in [3.05, 3.63) is 0 Å². The number of hydrogen-bond acceptors (Lipinski definition) is 4. The third kappa shape index (κ3) is 19.0. The first kappa shape index (κ1) is 19.1. The normalized spacial score (nSPS) is 10.1. The third-order valence-electron chi connectivity index (χ3n) is 1.25. The minimum absolute atomic E-state index is 0. The lowest BCUT2D eigenvalue weighted by Gasteiger charge is -2.34. The van der Waals surface area contributed by atoms with E-state index in [1.54, 1.807) is 0 Å². The fourth-order valence-electron chi connectivity index (χ4n) is 0.705. The van der Waals surface area contributed by atoms with Gasteiger partial charge in [0.25, 0.3) is 0 Å². The van der Waals surface area contributed by atoms with Crippen LogP contribution in [0.2, 0.25) is 0 Å². The average Bonchev–Trinajstić information content (AvgIpc) is 1.85. The van der Waals surface area contributed by atoms with E-state index in [4.69, 9.17) is 0 Å². The molecule has 0 radical (unpaired) electrons. The van der Waals surface area contributed by atoms with E-state index in [-0.39, 0.29) is 18.9 Å². The van der Waals surface area contributed by atoms with Gasteiger partial charge in [0.1, 0.15) is 0 Å². The van der Waals surface area contributed by atoms with Crippen molar-refractivity contribution in [2.75, 3.05) is 6.61 Å². The minimum atomic E-state index is -3.88. The molecule has 0 atom stereocenters. The maximum Gasteiger partial charge on any atom is 0.0486 e. The van der Waals surface area contributed by atoms with Gasteiger partial charge in [-0.15, -0.1) is 11.8 Å². The second-order valence-corrected chi connectivity index (χ2v) is 4.84. The summed E-state index contributed by atoms with van der Waals surface area (Å²) in [7, 11) is 0. The molecule has 84 valence electrons. The Bertz CT molecular complexity index is 142. The van der Waals surface area contributed by atoms with E-state index in [1.807, 2.05) is 0 Å². The molecule has 0 bridgehead atoms. The first-order chi connectivity index (χ1) is 5.06. The molecule has 0 saturated carbocycles. The van der Waals surface area contributed by atoms with Gasteiger partial charge in [-0.05, 0) is 6.42 Å². The van der Waals surface area contributed by atoms with Crippen molar-refractivity contribution in [3.63, 3.8) is 0 Å². The molecule has 0 saturated heterocycles. The van der Waals surface area contributed by atoms with Crippen LogP contribution in [-0.4, -0.2) is 6.61 Å². The zero-order chi connectivity index (χ0) is 8.74. The molecule has 7 heteroatoms. The highest BCUT2D eigenvalue weighted by atomic mass is 32.5. The zero-order valence-corrected chi connectivity index (χ0v) is 10.3. The molecule has 0 spiro atoms. The van der Waals surface area contributed by atoms with Crippen LogP contribution in [0.3, 0.4) is 0 Å². The smallest absolute Gasteiger partial charge is 0.0486 e. The van der Waals surface area contributed by atoms with Crippen molar-refractivity contribution in [1.82, 2.24) is 12.3 Å². The van der Waals surface area contributed by atoms with Crippen molar-refractivity contribution >= 4 is 18.5 Å². The predicted octanol–water partition coefficient (Wildman–Crippen LogP) is 1.28. The lowest BCUT2D eigenvalue weighted by atomic mass is 10.2. The zero-order valence-electron chi connectivity index (χ0n) is 8.62. The van der Waals surface area contributed by atoms with E-state index in [0.717, 1.165) is 25.7 Å². The predicted molar refractivity (Wildman–Crippen MR) is 56.3 cm³/mol. The van der Waals surface area contributed by atoms with Crippen molar-refractivity contribution in [1.29, 1.82) is 0 Å². The van der Waals surface area contributed by atoms with Crippen molar-refractivity contribution in [2.24, 2.45) is 0 Å². The van der Waals surface area contributed by atoms with Crippen LogP contribution in [-0.2, 0) is 16.3 Å². The molecule has 0 aliphatic carbocycles. The van der Waals surface area contributed by atoms with Crippen LogP contribution in [0.1, 0.15) is 32.6 Å². The summed E-state index contributed by atoms with van der Waals surface area (Å²) < 4.78 is 4.39. The van der Waals surface area contributed by atoms with Gasteiger partial charge in [-0.2, -0.15) is 0 Å². The number of quaternary nitrogens is 2. The molecule has 0 aromatic heterocycles. The SMILES string of the molecule is CCCCCCOP([O-])([O-])=S.[NH4+].[NH4+]. The Morgan fingerprint density at radius 3 is 2.08 bits per heavy atom. The molecule has 8 N–H and O–H groups in total. The molecule has 0 heterocycles. The molecule has 13 heavy (non-hydrogen) atoms. The summed E-state index contributed by atoms with van der Waals surface area (Å²) in [5.74, 6) is 0. The molecular formula is C6H21N2O3PS. The molecule has 0 fully saturated rings. The van der Waals surface area contributed by atoms with Gasteiger partial charge < -0.3 is 26.6 Å². The van der Waals surface area contributed by atoms with Gasteiger partial charge in [0.2, 0.25) is 0 Å². The Morgan fingerprint density at radius 2 is 1.69 bits per heavy atom. The lowest BCUT2D eigenvalue weighted by Crippen LogP contribution is -2.16. The minimum Gasteiger partial charge on any atom is -0.812 e. The maximum absolute atomic E-state index is 10.3. The second kappa shape index (κ2) is 10.5. The molecule has 0 amide bonds. The maximum atomic E-state index is 10.3. The topological polar surface area (TPSA) is 128 Å². The Hall–Kier alpha value is 0.450. The summed E-state index contributed by atoms with van der Waals surface area (Å²) in [5, 5.41) is 0. The highest BCUT2D eigenvalue weighted by Crippen LogP contribution is 2.25. The van der Waals surface area contributed by atoms with E-state index in [1.165, 1.54) is 0 Å². The van der Waals surface area contributed by atoms with Gasteiger partial charge in [-0.3, -0.25) is 0 Å². The Morgan fingerprint density at radius 1 is 1.15 bits per heavy atom. The molecule has 0 rings (SSSR count). The summed E-state index contributed by atoms with van der Waals surface area (Å²) >= 11 is 4.04. The number of unbranched alkanes of at least 4 members (excludes halogenated alkanes) is 3. The van der Waals surface area contributed by atoms with Gasteiger partial charge in [0.05, 0.1) is 0 Å². The quantitative estimate of drug-likeness (QED) is 0.527. The van der Waals surface area contributed by atoms with Crippen LogP contribution in [0.25, 0.3) is 0 Å². The first-order valence-electron chi connectivity index (χ1n) is 3.73. The standard InChI is InChI=1S/C6H15O3PS.2H3N/c1-2-3-4-5-6-9-10(7,8)11;;/h2-6H2,1H3,(H2,7,8,11);2*1H3. The van der Waals surface area contributed by atoms with E-state index in [2.05, 4.69) is 23.3 Å². The van der Waals surface area contributed by atoms with Gasteiger partial charge in [-0.1, -0.05) is 32.9 Å². The summed E-state index contributed by atoms with van der Waals surface area (Å²) in [4.78, 5) is 20.6. The van der Waals surface area contributed by atoms with Crippen molar-refractivity contribution < 1.29 is 14.3 Å². The Balaban J connectivity index is -0.000000500. The van der Waals surface area contributed by atoms with Crippen LogP contribution >= 0.6 is 6.72 Å². The molecule has 0 unspecified atom stereocenters. The summed E-state index contributed by atoms with van der Waals surface area (Å²) in [6.07, 6.45) is 4.02. The molecular weight excluding hydrogens is 211 g/mol. The molecule has 5 nitrogen and oxygen atoms in total. The van der Waals surface area contributed by atoms with Crippen LogP contribution in [0.15, 0.2) is 0 Å². The van der Waals surface area contributed by atoms with Gasteiger partial charge in [-0.25, -0.2) is 0 Å². The van der Waals surface area contributed by atoms with Crippen LogP contribution in [0, 0.1) is 0 Å². The number of hydrogen-bond donors (Lipinski definition) is 2. The molecule has 0 aromatic carbocycles. The van der Waals surface area contributed by atoms with Gasteiger partial charge in [0, 0.05) is 6.61 Å². The van der Waals surface area contributed by atoms with E-state index in [0.29, 0.717) is 0 Å². The first-order valence-corrected chi connectivity index (χ1v) is 6.28. The largest absolute Gasteiger partial charge is 0.812 e. The Labute approximate surface area is 84.9 Å². The lowest BCUT2D eigenvalue weighted by molar-refractivity contribution is -0.321. The monoisotopic (exact) mass is 232 g/mol. The van der Waals surface area contributed by atoms with Crippen LogP contribution in [0.4, 0.5) is 0 Å². The second-order valence-electron chi connectivity index (χ2n) is 2.34.